The van der Waals surface area contributed by atoms with E-state index < -0.39 is 17.0 Å². The second-order valence-corrected chi connectivity index (χ2v) is 4.14. The van der Waals surface area contributed by atoms with E-state index in [1.54, 1.807) is 19.9 Å². The predicted octanol–water partition coefficient (Wildman–Crippen LogP) is 2.02. The first-order valence-electron chi connectivity index (χ1n) is 5.51. The van der Waals surface area contributed by atoms with Gasteiger partial charge in [0.25, 0.3) is 5.69 Å². The van der Waals surface area contributed by atoms with E-state index in [0.29, 0.717) is 5.56 Å². The molecule has 0 bridgehead atoms. The number of non-ortho nitro benzene ring substituents is 1. The number of hydrogen-bond acceptors (Lipinski definition) is 4. The quantitative estimate of drug-likeness (QED) is 0.618. The van der Waals surface area contributed by atoms with Crippen molar-refractivity contribution in [2.24, 2.45) is 0 Å². The first-order chi connectivity index (χ1) is 8.40. The molecular weight excluding hydrogens is 238 g/mol. The van der Waals surface area contributed by atoms with Crippen LogP contribution in [0.1, 0.15) is 19.4 Å². The smallest absolute Gasteiger partial charge is 0.333 e. The minimum atomic E-state index is -1.07. The van der Waals surface area contributed by atoms with Gasteiger partial charge in [-0.1, -0.05) is 12.1 Å². The largest absolute Gasteiger partial charge is 0.479 e. The Balaban J connectivity index is 2.83. The molecule has 0 radical (unpaired) electrons. The summed E-state index contributed by atoms with van der Waals surface area (Å²) in [5.41, 5.74) is 0.512. The van der Waals surface area contributed by atoms with E-state index in [-0.39, 0.29) is 18.2 Å². The standard InChI is InChI=1S/C12H15NO5/c1-8(2)18-11(12(14)15)7-9-4-3-5-10(6-9)13(16)17/h3-6,8,11H,7H2,1-2H3,(H,14,15)/t11-/m1/s1. The van der Waals surface area contributed by atoms with Crippen LogP contribution in [0.3, 0.4) is 0 Å². The van der Waals surface area contributed by atoms with Gasteiger partial charge >= 0.3 is 5.97 Å². The number of nitro groups is 1. The average Bonchev–Trinajstić information content (AvgIpc) is 2.27. The van der Waals surface area contributed by atoms with E-state index in [1.807, 2.05) is 0 Å². The maximum absolute atomic E-state index is 11.0. The van der Waals surface area contributed by atoms with Crippen LogP contribution in [0.15, 0.2) is 24.3 Å². The van der Waals surface area contributed by atoms with Crippen LogP contribution in [0.5, 0.6) is 0 Å². The molecule has 0 saturated heterocycles. The lowest BCUT2D eigenvalue weighted by Crippen LogP contribution is -2.29. The van der Waals surface area contributed by atoms with E-state index >= 15 is 0 Å². The molecule has 18 heavy (non-hydrogen) atoms. The third-order valence-electron chi connectivity index (χ3n) is 2.25. The van der Waals surface area contributed by atoms with Crippen LogP contribution < -0.4 is 0 Å². The molecule has 1 atom stereocenters. The zero-order chi connectivity index (χ0) is 13.7. The molecule has 0 aliphatic rings. The molecule has 0 unspecified atom stereocenters. The summed E-state index contributed by atoms with van der Waals surface area (Å²) in [6.45, 7) is 3.48. The molecule has 0 aliphatic heterocycles. The third-order valence-corrected chi connectivity index (χ3v) is 2.25. The van der Waals surface area contributed by atoms with Crippen LogP contribution in [0, 0.1) is 10.1 Å². The molecular formula is C12H15NO5. The van der Waals surface area contributed by atoms with Gasteiger partial charge in [0.1, 0.15) is 0 Å². The molecule has 98 valence electrons. The topological polar surface area (TPSA) is 89.7 Å². The molecule has 0 saturated carbocycles. The molecule has 0 amide bonds. The lowest BCUT2D eigenvalue weighted by molar-refractivity contribution is -0.384. The molecule has 6 heteroatoms. The number of nitro benzene ring substituents is 1. The van der Waals surface area contributed by atoms with Crippen LogP contribution >= 0.6 is 0 Å². The summed E-state index contributed by atoms with van der Waals surface area (Å²) in [5.74, 6) is -1.07. The average molecular weight is 253 g/mol. The van der Waals surface area contributed by atoms with Gasteiger partial charge in [0, 0.05) is 18.6 Å². The lowest BCUT2D eigenvalue weighted by Gasteiger charge is -2.16. The first kappa shape index (κ1) is 14.1. The highest BCUT2D eigenvalue weighted by Crippen LogP contribution is 2.16. The van der Waals surface area contributed by atoms with Crippen LogP contribution in [0.2, 0.25) is 0 Å². The summed E-state index contributed by atoms with van der Waals surface area (Å²) in [4.78, 5) is 21.1. The van der Waals surface area contributed by atoms with Gasteiger partial charge in [0.2, 0.25) is 0 Å². The Bertz CT molecular complexity index is 444. The fourth-order valence-electron chi connectivity index (χ4n) is 1.53. The molecule has 0 aliphatic carbocycles. The number of nitrogens with zero attached hydrogens (tertiary/aromatic N) is 1. The summed E-state index contributed by atoms with van der Waals surface area (Å²) < 4.78 is 5.25. The summed E-state index contributed by atoms with van der Waals surface area (Å²) in [7, 11) is 0. The molecule has 0 spiro atoms. The normalized spacial score (nSPS) is 12.4. The van der Waals surface area contributed by atoms with Gasteiger partial charge in [-0.25, -0.2) is 4.79 Å². The van der Waals surface area contributed by atoms with Gasteiger partial charge in [-0.05, 0) is 19.4 Å². The SMILES string of the molecule is CC(C)O[C@H](Cc1cccc([N+](=O)[O-])c1)C(=O)O. The number of carbonyl (C=O) groups is 1. The molecule has 0 aromatic heterocycles. The van der Waals surface area contributed by atoms with Gasteiger partial charge in [0.05, 0.1) is 11.0 Å². The summed E-state index contributed by atoms with van der Waals surface area (Å²) >= 11 is 0. The van der Waals surface area contributed by atoms with Gasteiger partial charge < -0.3 is 9.84 Å². The molecule has 0 fully saturated rings. The zero-order valence-electron chi connectivity index (χ0n) is 10.2. The number of benzene rings is 1. The number of rotatable bonds is 6. The number of aliphatic carboxylic acids is 1. The van der Waals surface area contributed by atoms with Gasteiger partial charge in [-0.3, -0.25) is 10.1 Å². The van der Waals surface area contributed by atoms with E-state index in [0.717, 1.165) is 0 Å². The van der Waals surface area contributed by atoms with E-state index in [1.165, 1.54) is 18.2 Å². The molecule has 1 aromatic rings. The Kier molecular flexibility index (Phi) is 4.79. The van der Waals surface area contributed by atoms with Crippen molar-refractivity contribution in [3.8, 4) is 0 Å². The maximum Gasteiger partial charge on any atom is 0.333 e. The maximum atomic E-state index is 11.0. The van der Waals surface area contributed by atoms with E-state index in [4.69, 9.17) is 9.84 Å². The van der Waals surface area contributed by atoms with Crippen LogP contribution in [-0.2, 0) is 16.0 Å². The van der Waals surface area contributed by atoms with Crippen molar-refractivity contribution in [3.63, 3.8) is 0 Å². The summed E-state index contributed by atoms with van der Waals surface area (Å²) in [6.07, 6.45) is -1.10. The Morgan fingerprint density at radius 3 is 2.67 bits per heavy atom. The predicted molar refractivity (Wildman–Crippen MR) is 64.4 cm³/mol. The van der Waals surface area contributed by atoms with Crippen LogP contribution in [-0.4, -0.2) is 28.2 Å². The van der Waals surface area contributed by atoms with Crippen molar-refractivity contribution in [2.75, 3.05) is 0 Å². The van der Waals surface area contributed by atoms with Crippen molar-refractivity contribution < 1.29 is 19.6 Å². The summed E-state index contributed by atoms with van der Waals surface area (Å²) in [6, 6.07) is 5.90. The van der Waals surface area contributed by atoms with Gasteiger partial charge in [-0.2, -0.15) is 0 Å². The summed E-state index contributed by atoms with van der Waals surface area (Å²) in [5, 5.41) is 19.6. The molecule has 1 rings (SSSR count). The van der Waals surface area contributed by atoms with Gasteiger partial charge in [0.15, 0.2) is 6.10 Å². The highest BCUT2D eigenvalue weighted by molar-refractivity contribution is 5.72. The van der Waals surface area contributed by atoms with Crippen molar-refractivity contribution in [3.05, 3.63) is 39.9 Å². The van der Waals surface area contributed by atoms with Crippen molar-refractivity contribution in [1.82, 2.24) is 0 Å². The molecule has 6 nitrogen and oxygen atoms in total. The second-order valence-electron chi connectivity index (χ2n) is 4.14. The molecule has 1 aromatic carbocycles. The second kappa shape index (κ2) is 6.11. The van der Waals surface area contributed by atoms with Gasteiger partial charge in [-0.15, -0.1) is 0 Å². The lowest BCUT2D eigenvalue weighted by atomic mass is 10.1. The highest BCUT2D eigenvalue weighted by atomic mass is 16.6. The number of carboxylic acid groups (broad SMARTS) is 1. The number of ether oxygens (including phenoxy) is 1. The Hall–Kier alpha value is -1.95. The minimum Gasteiger partial charge on any atom is -0.479 e. The molecule has 1 N–H and O–H groups in total. The molecule has 0 heterocycles. The highest BCUT2D eigenvalue weighted by Gasteiger charge is 2.20. The third kappa shape index (κ3) is 4.14. The van der Waals surface area contributed by atoms with Crippen LogP contribution in [0.25, 0.3) is 0 Å². The monoisotopic (exact) mass is 253 g/mol. The Labute approximate surface area is 104 Å². The van der Waals surface area contributed by atoms with E-state index in [9.17, 15) is 14.9 Å². The minimum absolute atomic E-state index is 0.0545. The van der Waals surface area contributed by atoms with Crippen molar-refractivity contribution in [1.29, 1.82) is 0 Å². The zero-order valence-corrected chi connectivity index (χ0v) is 10.2. The first-order valence-corrected chi connectivity index (χ1v) is 5.51. The fourth-order valence-corrected chi connectivity index (χ4v) is 1.53. The van der Waals surface area contributed by atoms with Crippen LogP contribution in [0.4, 0.5) is 5.69 Å². The fraction of sp³-hybridized carbons (Fsp3) is 0.417. The number of hydrogen-bond donors (Lipinski definition) is 1. The van der Waals surface area contributed by atoms with Crippen molar-refractivity contribution in [2.45, 2.75) is 32.5 Å². The Morgan fingerprint density at radius 1 is 1.50 bits per heavy atom. The number of carboxylic acids is 1. The Morgan fingerprint density at radius 2 is 2.17 bits per heavy atom. The van der Waals surface area contributed by atoms with Crippen molar-refractivity contribution >= 4 is 11.7 Å². The van der Waals surface area contributed by atoms with E-state index in [2.05, 4.69) is 0 Å².